The summed E-state index contributed by atoms with van der Waals surface area (Å²) in [5.41, 5.74) is 2.16. The van der Waals surface area contributed by atoms with E-state index in [1.54, 1.807) is 49.6 Å². The van der Waals surface area contributed by atoms with Gasteiger partial charge in [0.05, 0.1) is 13.7 Å². The fourth-order valence-corrected chi connectivity index (χ4v) is 2.59. The molecule has 0 bridgehead atoms. The van der Waals surface area contributed by atoms with Crippen molar-refractivity contribution in [2.24, 2.45) is 0 Å². The Balaban J connectivity index is 1.88. The van der Waals surface area contributed by atoms with Crippen molar-refractivity contribution in [3.05, 3.63) is 58.6 Å². The Kier molecular flexibility index (Phi) is 7.89. The number of rotatable bonds is 8. The Bertz CT molecular complexity index is 879. The predicted molar refractivity (Wildman–Crippen MR) is 109 cm³/mol. The lowest BCUT2D eigenvalue weighted by molar-refractivity contribution is -0.142. The van der Waals surface area contributed by atoms with E-state index in [1.165, 1.54) is 6.08 Å². The second-order valence-corrected chi connectivity index (χ2v) is 6.23. The molecule has 0 radical (unpaired) electrons. The Morgan fingerprint density at radius 2 is 1.93 bits per heavy atom. The Labute approximate surface area is 169 Å². The van der Waals surface area contributed by atoms with Gasteiger partial charge >= 0.3 is 5.97 Å². The average molecular weight is 404 g/mol. The van der Waals surface area contributed by atoms with Gasteiger partial charge in [-0.05, 0) is 61.4 Å². The molecule has 0 aliphatic heterocycles. The lowest BCUT2D eigenvalue weighted by Gasteiger charge is -2.09. The average Bonchev–Trinajstić information content (AvgIpc) is 2.68. The number of anilines is 1. The first-order valence-corrected chi connectivity index (χ1v) is 9.02. The van der Waals surface area contributed by atoms with Gasteiger partial charge < -0.3 is 19.5 Å². The number of carbonyl (C=O) groups excluding carboxylic acids is 2. The second-order valence-electron chi connectivity index (χ2n) is 5.79. The maximum absolute atomic E-state index is 11.9. The van der Waals surface area contributed by atoms with E-state index in [2.05, 4.69) is 5.32 Å². The van der Waals surface area contributed by atoms with Crippen LogP contribution in [0.4, 0.5) is 5.69 Å². The number of amides is 1. The van der Waals surface area contributed by atoms with Gasteiger partial charge in [-0.3, -0.25) is 4.79 Å². The van der Waals surface area contributed by atoms with Crippen LogP contribution >= 0.6 is 11.6 Å². The van der Waals surface area contributed by atoms with Gasteiger partial charge in [-0.2, -0.15) is 0 Å². The molecule has 2 aromatic carbocycles. The van der Waals surface area contributed by atoms with Crippen molar-refractivity contribution in [2.75, 3.05) is 25.6 Å². The van der Waals surface area contributed by atoms with Gasteiger partial charge in [-0.1, -0.05) is 17.7 Å². The van der Waals surface area contributed by atoms with Crippen LogP contribution in [0, 0.1) is 6.92 Å². The van der Waals surface area contributed by atoms with Gasteiger partial charge in [-0.25, -0.2) is 4.79 Å². The third kappa shape index (κ3) is 6.32. The van der Waals surface area contributed by atoms with Crippen LogP contribution in [-0.4, -0.2) is 32.2 Å². The van der Waals surface area contributed by atoms with Crippen LogP contribution in [0.5, 0.6) is 11.5 Å². The molecule has 0 aromatic heterocycles. The molecule has 28 heavy (non-hydrogen) atoms. The first kappa shape index (κ1) is 21.3. The highest BCUT2D eigenvalue weighted by Crippen LogP contribution is 2.28. The van der Waals surface area contributed by atoms with Crippen molar-refractivity contribution in [3.8, 4) is 11.5 Å². The molecule has 0 aliphatic carbocycles. The smallest absolute Gasteiger partial charge is 0.331 e. The molecule has 0 heterocycles. The quantitative estimate of drug-likeness (QED) is 0.526. The molecule has 0 unspecified atom stereocenters. The van der Waals surface area contributed by atoms with Crippen molar-refractivity contribution in [1.82, 2.24) is 0 Å². The molecular formula is C21H22ClNO5. The number of nitrogens with one attached hydrogen (secondary N) is 1. The molecule has 148 valence electrons. The van der Waals surface area contributed by atoms with Crippen LogP contribution in [0.25, 0.3) is 6.08 Å². The van der Waals surface area contributed by atoms with E-state index in [1.807, 2.05) is 13.8 Å². The van der Waals surface area contributed by atoms with E-state index in [4.69, 9.17) is 25.8 Å². The molecule has 0 spiro atoms. The third-order valence-electron chi connectivity index (χ3n) is 3.71. The highest BCUT2D eigenvalue weighted by Gasteiger charge is 2.08. The zero-order valence-corrected chi connectivity index (χ0v) is 16.7. The number of carbonyl (C=O) groups is 2. The minimum Gasteiger partial charge on any atom is -0.493 e. The molecule has 0 fully saturated rings. The standard InChI is InChI=1S/C21H22ClNO5/c1-4-27-18-9-5-15(12-19(18)26-3)6-10-21(25)28-13-20(24)23-17-8-7-16(22)11-14(17)2/h5-12H,4,13H2,1-3H3,(H,23,24)/b10-6+. The van der Waals surface area contributed by atoms with E-state index in [-0.39, 0.29) is 0 Å². The van der Waals surface area contributed by atoms with Crippen LogP contribution < -0.4 is 14.8 Å². The predicted octanol–water partition coefficient (Wildman–Crippen LogP) is 4.25. The summed E-state index contributed by atoms with van der Waals surface area (Å²) in [5.74, 6) is 0.125. The van der Waals surface area contributed by atoms with Crippen LogP contribution in [0.3, 0.4) is 0 Å². The zero-order valence-electron chi connectivity index (χ0n) is 16.0. The molecule has 1 N–H and O–H groups in total. The SMILES string of the molecule is CCOc1ccc(/C=C/C(=O)OCC(=O)Nc2ccc(Cl)cc2C)cc1OC. The van der Waals surface area contributed by atoms with E-state index in [9.17, 15) is 9.59 Å². The third-order valence-corrected chi connectivity index (χ3v) is 3.94. The molecule has 7 heteroatoms. The Morgan fingerprint density at radius 3 is 2.61 bits per heavy atom. The number of benzene rings is 2. The summed E-state index contributed by atoms with van der Waals surface area (Å²) in [5, 5.41) is 3.25. The summed E-state index contributed by atoms with van der Waals surface area (Å²) in [7, 11) is 1.54. The van der Waals surface area contributed by atoms with Crippen LogP contribution in [0.15, 0.2) is 42.5 Å². The van der Waals surface area contributed by atoms with Crippen molar-refractivity contribution < 1.29 is 23.8 Å². The summed E-state index contributed by atoms with van der Waals surface area (Å²) >= 11 is 5.88. The first-order valence-electron chi connectivity index (χ1n) is 8.64. The fraction of sp³-hybridized carbons (Fsp3) is 0.238. The van der Waals surface area contributed by atoms with E-state index in [0.717, 1.165) is 11.1 Å². The summed E-state index contributed by atoms with van der Waals surface area (Å²) in [4.78, 5) is 23.8. The maximum Gasteiger partial charge on any atom is 0.331 e. The van der Waals surface area contributed by atoms with Crippen LogP contribution in [0.1, 0.15) is 18.1 Å². The fourth-order valence-electron chi connectivity index (χ4n) is 2.37. The molecule has 6 nitrogen and oxygen atoms in total. The number of esters is 1. The number of methoxy groups -OCH3 is 1. The summed E-state index contributed by atoms with van der Waals surface area (Å²) in [6.07, 6.45) is 2.82. The molecular weight excluding hydrogens is 382 g/mol. The first-order chi connectivity index (χ1) is 13.4. The summed E-state index contributed by atoms with van der Waals surface area (Å²) in [6, 6.07) is 10.4. The zero-order chi connectivity index (χ0) is 20.5. The lowest BCUT2D eigenvalue weighted by atomic mass is 10.2. The van der Waals surface area contributed by atoms with Gasteiger partial charge in [0.2, 0.25) is 0 Å². The minimum absolute atomic E-state index is 0.391. The lowest BCUT2D eigenvalue weighted by Crippen LogP contribution is -2.20. The van der Waals surface area contributed by atoms with Gasteiger partial charge in [-0.15, -0.1) is 0 Å². The molecule has 2 aromatic rings. The van der Waals surface area contributed by atoms with Gasteiger partial charge in [0.15, 0.2) is 18.1 Å². The van der Waals surface area contributed by atoms with Crippen LogP contribution in [0.2, 0.25) is 5.02 Å². The minimum atomic E-state index is -0.629. The number of hydrogen-bond donors (Lipinski definition) is 1. The second kappa shape index (κ2) is 10.4. The highest BCUT2D eigenvalue weighted by atomic mass is 35.5. The van der Waals surface area contributed by atoms with E-state index >= 15 is 0 Å². The summed E-state index contributed by atoms with van der Waals surface area (Å²) in [6.45, 7) is 3.84. The largest absolute Gasteiger partial charge is 0.493 e. The van der Waals surface area contributed by atoms with E-state index in [0.29, 0.717) is 28.8 Å². The van der Waals surface area contributed by atoms with Gasteiger partial charge in [0.25, 0.3) is 5.91 Å². The Morgan fingerprint density at radius 1 is 1.14 bits per heavy atom. The van der Waals surface area contributed by atoms with Crippen molar-refractivity contribution in [3.63, 3.8) is 0 Å². The molecule has 0 saturated heterocycles. The molecule has 2 rings (SSSR count). The monoisotopic (exact) mass is 403 g/mol. The van der Waals surface area contributed by atoms with Crippen molar-refractivity contribution in [1.29, 1.82) is 0 Å². The van der Waals surface area contributed by atoms with Crippen molar-refractivity contribution in [2.45, 2.75) is 13.8 Å². The van der Waals surface area contributed by atoms with Gasteiger partial charge in [0.1, 0.15) is 0 Å². The maximum atomic E-state index is 11.9. The van der Waals surface area contributed by atoms with Crippen LogP contribution in [-0.2, 0) is 14.3 Å². The Hall–Kier alpha value is -2.99. The molecule has 0 atom stereocenters. The topological polar surface area (TPSA) is 73.9 Å². The number of ether oxygens (including phenoxy) is 3. The normalized spacial score (nSPS) is 10.6. The number of halogens is 1. The molecule has 1 amide bonds. The molecule has 0 aliphatic rings. The number of hydrogen-bond acceptors (Lipinski definition) is 5. The summed E-state index contributed by atoms with van der Waals surface area (Å²) < 4.78 is 15.7. The van der Waals surface area contributed by atoms with E-state index < -0.39 is 18.5 Å². The highest BCUT2D eigenvalue weighted by molar-refractivity contribution is 6.30. The van der Waals surface area contributed by atoms with Crippen molar-refractivity contribution >= 4 is 35.2 Å². The number of aryl methyl sites for hydroxylation is 1. The molecule has 0 saturated carbocycles. The van der Waals surface area contributed by atoms with Gasteiger partial charge in [0, 0.05) is 16.8 Å².